The van der Waals surface area contributed by atoms with Gasteiger partial charge in [-0.1, -0.05) is 18.2 Å². The number of rotatable bonds is 12. The fourth-order valence-corrected chi connectivity index (χ4v) is 6.90. The highest BCUT2D eigenvalue weighted by Gasteiger charge is 2.34. The maximum absolute atomic E-state index is 6.75. The molecular formula is C33H48N2O4. The summed E-state index contributed by atoms with van der Waals surface area (Å²) in [5.41, 5.74) is 3.78. The molecule has 6 heteroatoms. The Morgan fingerprint density at radius 3 is 2.59 bits per heavy atom. The molecular weight excluding hydrogens is 488 g/mol. The first-order valence-corrected chi connectivity index (χ1v) is 15.1. The predicted molar refractivity (Wildman–Crippen MR) is 157 cm³/mol. The van der Waals surface area contributed by atoms with Crippen LogP contribution in [0.2, 0.25) is 0 Å². The molecule has 1 saturated carbocycles. The lowest BCUT2D eigenvalue weighted by Gasteiger charge is -2.38. The summed E-state index contributed by atoms with van der Waals surface area (Å²) in [6, 6.07) is 15.9. The van der Waals surface area contributed by atoms with Gasteiger partial charge in [0.15, 0.2) is 0 Å². The first-order valence-electron chi connectivity index (χ1n) is 15.1. The lowest BCUT2D eigenvalue weighted by molar-refractivity contribution is -0.0115. The molecule has 2 heterocycles. The molecule has 1 saturated heterocycles. The highest BCUT2D eigenvalue weighted by molar-refractivity contribution is 5.61. The van der Waals surface area contributed by atoms with Crippen LogP contribution >= 0.6 is 0 Å². The largest absolute Gasteiger partial charge is 0.497 e. The quantitative estimate of drug-likeness (QED) is 0.298. The molecule has 0 aromatic heterocycles. The summed E-state index contributed by atoms with van der Waals surface area (Å²) in [7, 11) is 3.50. The lowest BCUT2D eigenvalue weighted by Crippen LogP contribution is -2.35. The normalized spacial score (nSPS) is 24.3. The molecule has 4 atom stereocenters. The molecule has 2 aliphatic heterocycles. The van der Waals surface area contributed by atoms with Gasteiger partial charge in [0, 0.05) is 32.2 Å². The Labute approximate surface area is 235 Å². The third-order valence-corrected chi connectivity index (χ3v) is 9.10. The van der Waals surface area contributed by atoms with Crippen molar-refractivity contribution in [3.8, 4) is 11.5 Å². The van der Waals surface area contributed by atoms with Gasteiger partial charge in [-0.05, 0) is 106 Å². The van der Waals surface area contributed by atoms with Crippen molar-refractivity contribution < 1.29 is 18.9 Å². The first kappa shape index (κ1) is 28.3. The Bertz CT molecular complexity index is 1020. The highest BCUT2D eigenvalue weighted by atomic mass is 16.5. The maximum atomic E-state index is 6.75. The fourth-order valence-electron chi connectivity index (χ4n) is 6.90. The van der Waals surface area contributed by atoms with Crippen molar-refractivity contribution in [3.63, 3.8) is 0 Å². The number of hydrogen-bond acceptors (Lipinski definition) is 6. The van der Waals surface area contributed by atoms with Crippen molar-refractivity contribution in [2.45, 2.75) is 76.5 Å². The Morgan fingerprint density at radius 2 is 1.82 bits per heavy atom. The molecule has 2 fully saturated rings. The van der Waals surface area contributed by atoms with Crippen molar-refractivity contribution in [2.24, 2.45) is 5.92 Å². The van der Waals surface area contributed by atoms with E-state index in [-0.39, 0.29) is 6.10 Å². The Balaban J connectivity index is 1.26. The molecule has 0 amide bonds. The van der Waals surface area contributed by atoms with E-state index in [1.807, 2.05) is 0 Å². The van der Waals surface area contributed by atoms with Gasteiger partial charge in [-0.3, -0.25) is 0 Å². The summed E-state index contributed by atoms with van der Waals surface area (Å²) in [6.45, 7) is 9.03. The predicted octanol–water partition coefficient (Wildman–Crippen LogP) is 6.27. The van der Waals surface area contributed by atoms with Crippen LogP contribution in [-0.4, -0.2) is 70.7 Å². The van der Waals surface area contributed by atoms with Crippen LogP contribution in [0.4, 0.5) is 5.69 Å². The minimum Gasteiger partial charge on any atom is -0.497 e. The van der Waals surface area contributed by atoms with E-state index in [0.29, 0.717) is 18.6 Å². The SMILES string of the molecule is COCCCN1CCOc2ccc(CO[C@H]3CC[C@@H](CC(C)N4CCCC4)C[C@@H]3c3ccc(OC)cc3)cc21. The van der Waals surface area contributed by atoms with Gasteiger partial charge in [-0.2, -0.15) is 0 Å². The van der Waals surface area contributed by atoms with Gasteiger partial charge in [0.1, 0.15) is 18.1 Å². The molecule has 2 aromatic carbocycles. The van der Waals surface area contributed by atoms with Crippen molar-refractivity contribution in [3.05, 3.63) is 53.6 Å². The van der Waals surface area contributed by atoms with E-state index in [4.69, 9.17) is 18.9 Å². The fraction of sp³-hybridized carbons (Fsp3) is 0.636. The zero-order valence-electron chi connectivity index (χ0n) is 24.3. The van der Waals surface area contributed by atoms with Crippen LogP contribution in [0, 0.1) is 5.92 Å². The van der Waals surface area contributed by atoms with E-state index in [1.165, 1.54) is 62.0 Å². The summed E-state index contributed by atoms with van der Waals surface area (Å²) in [6.07, 6.45) is 8.81. The molecule has 1 aliphatic carbocycles. The molecule has 39 heavy (non-hydrogen) atoms. The van der Waals surface area contributed by atoms with Gasteiger partial charge in [-0.25, -0.2) is 0 Å². The van der Waals surface area contributed by atoms with E-state index >= 15 is 0 Å². The van der Waals surface area contributed by atoms with E-state index < -0.39 is 0 Å². The average Bonchev–Trinajstić information content (AvgIpc) is 3.52. The van der Waals surface area contributed by atoms with E-state index in [9.17, 15) is 0 Å². The third-order valence-electron chi connectivity index (χ3n) is 9.10. The third kappa shape index (κ3) is 7.27. The molecule has 0 N–H and O–H groups in total. The smallest absolute Gasteiger partial charge is 0.142 e. The summed E-state index contributed by atoms with van der Waals surface area (Å²) >= 11 is 0. The average molecular weight is 537 g/mol. The van der Waals surface area contributed by atoms with Crippen LogP contribution in [0.25, 0.3) is 0 Å². The van der Waals surface area contributed by atoms with Crippen molar-refractivity contribution >= 4 is 5.69 Å². The number of methoxy groups -OCH3 is 2. The number of hydrogen-bond donors (Lipinski definition) is 0. The number of anilines is 1. The van der Waals surface area contributed by atoms with Crippen LogP contribution in [0.1, 0.15) is 68.9 Å². The van der Waals surface area contributed by atoms with Crippen molar-refractivity contribution in [1.82, 2.24) is 4.90 Å². The van der Waals surface area contributed by atoms with Crippen LogP contribution in [-0.2, 0) is 16.1 Å². The molecule has 214 valence electrons. The van der Waals surface area contributed by atoms with Crippen molar-refractivity contribution in [2.75, 3.05) is 58.5 Å². The second-order valence-corrected chi connectivity index (χ2v) is 11.7. The Hall–Kier alpha value is -2.28. The van der Waals surface area contributed by atoms with Crippen LogP contribution in [0.15, 0.2) is 42.5 Å². The van der Waals surface area contributed by atoms with E-state index in [0.717, 1.165) is 56.6 Å². The molecule has 6 nitrogen and oxygen atoms in total. The molecule has 0 bridgehead atoms. The molecule has 1 unspecified atom stereocenters. The number of nitrogens with zero attached hydrogens (tertiary/aromatic N) is 2. The second-order valence-electron chi connectivity index (χ2n) is 11.7. The number of ether oxygens (including phenoxy) is 4. The van der Waals surface area contributed by atoms with E-state index in [2.05, 4.69) is 59.2 Å². The van der Waals surface area contributed by atoms with Gasteiger partial charge < -0.3 is 28.7 Å². The van der Waals surface area contributed by atoms with Gasteiger partial charge in [0.25, 0.3) is 0 Å². The number of benzene rings is 2. The van der Waals surface area contributed by atoms with Gasteiger partial charge in [0.2, 0.25) is 0 Å². The zero-order chi connectivity index (χ0) is 27.0. The number of fused-ring (bicyclic) bond motifs is 1. The molecule has 0 radical (unpaired) electrons. The summed E-state index contributed by atoms with van der Waals surface area (Å²) in [4.78, 5) is 5.12. The Morgan fingerprint density at radius 1 is 1.00 bits per heavy atom. The molecule has 0 spiro atoms. The molecule has 2 aromatic rings. The maximum Gasteiger partial charge on any atom is 0.142 e. The molecule has 5 rings (SSSR count). The standard InChI is InChI=1S/C33H48N2O4/c1-25(34-15-4-5-16-34)21-26-7-13-32(30(22-26)28-9-11-29(37-3)12-10-28)39-24-27-8-14-33-31(23-27)35(18-20-38-33)17-6-19-36-2/h8-12,14,23,25-26,30,32H,4-7,13,15-22,24H2,1-3H3/t25?,26-,30+,32-/m0/s1. The van der Waals surface area contributed by atoms with E-state index in [1.54, 1.807) is 14.2 Å². The van der Waals surface area contributed by atoms with Crippen LogP contribution in [0.5, 0.6) is 11.5 Å². The lowest BCUT2D eigenvalue weighted by atomic mass is 9.74. The van der Waals surface area contributed by atoms with Gasteiger partial charge in [-0.15, -0.1) is 0 Å². The highest BCUT2D eigenvalue weighted by Crippen LogP contribution is 2.41. The van der Waals surface area contributed by atoms with Gasteiger partial charge in [0.05, 0.1) is 32.1 Å². The number of likely N-dealkylation sites (tertiary alicyclic amines) is 1. The topological polar surface area (TPSA) is 43.4 Å². The second kappa shape index (κ2) is 13.9. The minimum atomic E-state index is 0.224. The Kier molecular flexibility index (Phi) is 10.0. The molecule has 3 aliphatic rings. The first-order chi connectivity index (χ1) is 19.1. The van der Waals surface area contributed by atoms with Crippen molar-refractivity contribution in [1.29, 1.82) is 0 Å². The zero-order valence-corrected chi connectivity index (χ0v) is 24.3. The van der Waals surface area contributed by atoms with Gasteiger partial charge >= 0.3 is 0 Å². The van der Waals surface area contributed by atoms with Crippen LogP contribution in [0.3, 0.4) is 0 Å². The van der Waals surface area contributed by atoms with Crippen LogP contribution < -0.4 is 14.4 Å². The summed E-state index contributed by atoms with van der Waals surface area (Å²) in [5.74, 6) is 3.05. The minimum absolute atomic E-state index is 0.224. The summed E-state index contributed by atoms with van der Waals surface area (Å²) in [5, 5.41) is 0. The summed E-state index contributed by atoms with van der Waals surface area (Å²) < 4.78 is 23.4. The monoisotopic (exact) mass is 536 g/mol.